The van der Waals surface area contributed by atoms with E-state index < -0.39 is 0 Å². The van der Waals surface area contributed by atoms with Crippen LogP contribution in [0.4, 0.5) is 11.4 Å². The summed E-state index contributed by atoms with van der Waals surface area (Å²) in [6.07, 6.45) is 1.05. The van der Waals surface area contributed by atoms with Gasteiger partial charge in [-0.25, -0.2) is 0 Å². The number of nitrogens with one attached hydrogen (secondary N) is 2. The van der Waals surface area contributed by atoms with E-state index in [1.807, 2.05) is 30.3 Å². The molecule has 4 heteroatoms. The summed E-state index contributed by atoms with van der Waals surface area (Å²) in [5.74, 6) is 1.70. The molecule has 1 aliphatic heterocycles. The van der Waals surface area contributed by atoms with Crippen LogP contribution in [0.25, 0.3) is 0 Å². The fraction of sp³-hybridized carbons (Fsp3) is 0.294. The lowest BCUT2D eigenvalue weighted by molar-refractivity contribution is 0.414. The van der Waals surface area contributed by atoms with Crippen LogP contribution in [0.2, 0.25) is 0 Å². The van der Waals surface area contributed by atoms with Crippen molar-refractivity contribution in [2.45, 2.75) is 13.0 Å². The third-order valence-electron chi connectivity index (χ3n) is 3.80. The first-order valence-electron chi connectivity index (χ1n) is 7.12. The molecule has 4 nitrogen and oxygen atoms in total. The Morgan fingerprint density at radius 3 is 2.81 bits per heavy atom. The molecule has 0 unspecified atom stereocenters. The van der Waals surface area contributed by atoms with Gasteiger partial charge in [0.1, 0.15) is 11.5 Å². The van der Waals surface area contributed by atoms with E-state index in [-0.39, 0.29) is 0 Å². The molecule has 0 radical (unpaired) electrons. The number of hydrogen-bond acceptors (Lipinski definition) is 4. The Morgan fingerprint density at radius 1 is 1.10 bits per heavy atom. The summed E-state index contributed by atoms with van der Waals surface area (Å²) >= 11 is 0. The van der Waals surface area contributed by atoms with Crippen molar-refractivity contribution in [2.24, 2.45) is 0 Å². The second kappa shape index (κ2) is 6.06. The van der Waals surface area contributed by atoms with Crippen LogP contribution in [0.1, 0.15) is 11.1 Å². The lowest BCUT2D eigenvalue weighted by Crippen LogP contribution is -2.24. The zero-order valence-electron chi connectivity index (χ0n) is 12.4. The fourth-order valence-corrected chi connectivity index (χ4v) is 2.69. The molecule has 0 amide bonds. The van der Waals surface area contributed by atoms with Crippen LogP contribution in [0, 0.1) is 0 Å². The maximum Gasteiger partial charge on any atom is 0.142 e. The molecule has 3 rings (SSSR count). The van der Waals surface area contributed by atoms with Crippen LogP contribution in [-0.2, 0) is 13.0 Å². The Kier molecular flexibility index (Phi) is 3.97. The quantitative estimate of drug-likeness (QED) is 0.905. The van der Waals surface area contributed by atoms with Gasteiger partial charge in [-0.15, -0.1) is 0 Å². The van der Waals surface area contributed by atoms with Gasteiger partial charge in [-0.3, -0.25) is 0 Å². The van der Waals surface area contributed by atoms with Crippen molar-refractivity contribution < 1.29 is 9.47 Å². The molecular formula is C17H20N2O2. The summed E-state index contributed by atoms with van der Waals surface area (Å²) in [6, 6.07) is 12.1. The largest absolute Gasteiger partial charge is 0.497 e. The van der Waals surface area contributed by atoms with Crippen molar-refractivity contribution in [3.8, 4) is 11.5 Å². The molecule has 0 saturated carbocycles. The number of benzene rings is 2. The number of rotatable bonds is 4. The maximum absolute atomic E-state index is 5.52. The lowest BCUT2D eigenvalue weighted by atomic mass is 9.98. The minimum atomic E-state index is 0.835. The molecule has 0 saturated heterocycles. The average Bonchev–Trinajstić information content (AvgIpc) is 2.55. The molecule has 0 atom stereocenters. The first-order valence-corrected chi connectivity index (χ1v) is 7.12. The minimum absolute atomic E-state index is 0.835. The molecular weight excluding hydrogens is 264 g/mol. The van der Waals surface area contributed by atoms with Gasteiger partial charge in [-0.05, 0) is 42.3 Å². The summed E-state index contributed by atoms with van der Waals surface area (Å²) in [5.41, 5.74) is 4.69. The van der Waals surface area contributed by atoms with E-state index in [2.05, 4.69) is 16.7 Å². The van der Waals surface area contributed by atoms with Gasteiger partial charge in [0.05, 0.1) is 19.9 Å². The van der Waals surface area contributed by atoms with Gasteiger partial charge in [0, 0.05) is 18.3 Å². The highest BCUT2D eigenvalue weighted by Gasteiger charge is 2.17. The predicted octanol–water partition coefficient (Wildman–Crippen LogP) is 3.09. The standard InChI is InChI=1S/C17H20N2O2/c1-20-14-5-3-4-13(10-14)19-17-15-11-18-9-8-12(15)6-7-16(17)21-2/h3-7,10,18-19H,8-9,11H2,1-2H3. The van der Waals surface area contributed by atoms with Crippen LogP contribution >= 0.6 is 0 Å². The van der Waals surface area contributed by atoms with Crippen LogP contribution in [0.5, 0.6) is 11.5 Å². The van der Waals surface area contributed by atoms with Crippen molar-refractivity contribution in [1.82, 2.24) is 5.32 Å². The number of ether oxygens (including phenoxy) is 2. The van der Waals surface area contributed by atoms with Gasteiger partial charge in [-0.2, -0.15) is 0 Å². The number of hydrogen-bond donors (Lipinski definition) is 2. The first kappa shape index (κ1) is 13.8. The molecule has 0 bridgehead atoms. The van der Waals surface area contributed by atoms with Gasteiger partial charge in [0.2, 0.25) is 0 Å². The first-order chi connectivity index (χ1) is 10.3. The van der Waals surface area contributed by atoms with E-state index in [1.165, 1.54) is 11.1 Å². The van der Waals surface area contributed by atoms with Crippen molar-refractivity contribution >= 4 is 11.4 Å². The van der Waals surface area contributed by atoms with Crippen molar-refractivity contribution in [2.75, 3.05) is 26.1 Å². The maximum atomic E-state index is 5.52. The molecule has 2 aromatic rings. The summed E-state index contributed by atoms with van der Waals surface area (Å²) in [7, 11) is 3.38. The SMILES string of the molecule is COc1cccc(Nc2c(OC)ccc3c2CNCC3)c1. The van der Waals surface area contributed by atoms with Gasteiger partial charge in [0.15, 0.2) is 0 Å². The Labute approximate surface area is 125 Å². The van der Waals surface area contributed by atoms with Crippen molar-refractivity contribution in [3.05, 3.63) is 47.5 Å². The predicted molar refractivity (Wildman–Crippen MR) is 84.7 cm³/mol. The molecule has 0 spiro atoms. The average molecular weight is 284 g/mol. The molecule has 1 heterocycles. The Hall–Kier alpha value is -2.20. The van der Waals surface area contributed by atoms with Crippen molar-refractivity contribution in [1.29, 1.82) is 0 Å². The van der Waals surface area contributed by atoms with Crippen molar-refractivity contribution in [3.63, 3.8) is 0 Å². The lowest BCUT2D eigenvalue weighted by Gasteiger charge is -2.23. The molecule has 2 aromatic carbocycles. The Bertz CT molecular complexity index is 641. The summed E-state index contributed by atoms with van der Waals surface area (Å²) in [4.78, 5) is 0. The van der Waals surface area contributed by atoms with E-state index in [0.29, 0.717) is 0 Å². The van der Waals surface area contributed by atoms with Crippen LogP contribution < -0.4 is 20.1 Å². The van der Waals surface area contributed by atoms with Crippen LogP contribution in [0.15, 0.2) is 36.4 Å². The van der Waals surface area contributed by atoms with E-state index in [4.69, 9.17) is 9.47 Å². The van der Waals surface area contributed by atoms with Gasteiger partial charge >= 0.3 is 0 Å². The second-order valence-corrected chi connectivity index (χ2v) is 5.06. The summed E-state index contributed by atoms with van der Waals surface area (Å²) in [5, 5.41) is 6.90. The number of fused-ring (bicyclic) bond motifs is 1. The number of anilines is 2. The highest BCUT2D eigenvalue weighted by Crippen LogP contribution is 2.35. The molecule has 110 valence electrons. The van der Waals surface area contributed by atoms with E-state index in [9.17, 15) is 0 Å². The molecule has 1 aliphatic rings. The molecule has 0 aliphatic carbocycles. The summed E-state index contributed by atoms with van der Waals surface area (Å²) < 4.78 is 10.8. The topological polar surface area (TPSA) is 42.5 Å². The summed E-state index contributed by atoms with van der Waals surface area (Å²) in [6.45, 7) is 1.89. The van der Waals surface area contributed by atoms with Crippen LogP contribution in [0.3, 0.4) is 0 Å². The van der Waals surface area contributed by atoms with E-state index in [1.54, 1.807) is 14.2 Å². The normalized spacial score (nSPS) is 13.4. The van der Waals surface area contributed by atoms with Gasteiger partial charge in [-0.1, -0.05) is 12.1 Å². The van der Waals surface area contributed by atoms with E-state index in [0.717, 1.165) is 42.4 Å². The minimum Gasteiger partial charge on any atom is -0.497 e. The third-order valence-corrected chi connectivity index (χ3v) is 3.80. The highest BCUT2D eigenvalue weighted by molar-refractivity contribution is 5.72. The number of methoxy groups -OCH3 is 2. The zero-order valence-corrected chi connectivity index (χ0v) is 12.4. The second-order valence-electron chi connectivity index (χ2n) is 5.06. The molecule has 0 fully saturated rings. The van der Waals surface area contributed by atoms with Gasteiger partial charge < -0.3 is 20.1 Å². The van der Waals surface area contributed by atoms with Gasteiger partial charge in [0.25, 0.3) is 0 Å². The monoisotopic (exact) mass is 284 g/mol. The smallest absolute Gasteiger partial charge is 0.142 e. The molecule has 0 aromatic heterocycles. The Balaban J connectivity index is 2.00. The molecule has 2 N–H and O–H groups in total. The fourth-order valence-electron chi connectivity index (χ4n) is 2.69. The zero-order chi connectivity index (χ0) is 14.7. The van der Waals surface area contributed by atoms with Crippen LogP contribution in [-0.4, -0.2) is 20.8 Å². The third kappa shape index (κ3) is 2.81. The molecule has 21 heavy (non-hydrogen) atoms. The highest BCUT2D eigenvalue weighted by atomic mass is 16.5. The van der Waals surface area contributed by atoms with E-state index >= 15 is 0 Å². The Morgan fingerprint density at radius 2 is 2.00 bits per heavy atom.